The van der Waals surface area contributed by atoms with Crippen LogP contribution >= 0.6 is 11.6 Å². The zero-order valence-corrected chi connectivity index (χ0v) is 21.9. The Labute approximate surface area is 220 Å². The van der Waals surface area contributed by atoms with Crippen LogP contribution < -0.4 is 4.74 Å². The van der Waals surface area contributed by atoms with E-state index in [0.717, 1.165) is 31.6 Å². The van der Waals surface area contributed by atoms with Crippen LogP contribution in [0.2, 0.25) is 5.02 Å². The van der Waals surface area contributed by atoms with Gasteiger partial charge in [-0.05, 0) is 60.7 Å². The normalized spacial score (nSPS) is 11.9. The highest BCUT2D eigenvalue weighted by Gasteiger charge is 2.10. The Hall–Kier alpha value is -3.43. The predicted octanol–water partition coefficient (Wildman–Crippen LogP) is 5.98. The van der Waals surface area contributed by atoms with Gasteiger partial charge < -0.3 is 13.7 Å². The second-order valence-electron chi connectivity index (χ2n) is 8.67. The smallest absolute Gasteiger partial charge is 0.218 e. The van der Waals surface area contributed by atoms with Gasteiger partial charge in [-0.15, -0.1) is 0 Å². The maximum Gasteiger partial charge on any atom is 0.218 e. The van der Waals surface area contributed by atoms with Gasteiger partial charge in [-0.2, -0.15) is 0 Å². The van der Waals surface area contributed by atoms with Crippen molar-refractivity contribution in [2.75, 3.05) is 6.26 Å². The zero-order valence-electron chi connectivity index (χ0n) is 20.3. The molecule has 2 aromatic heterocycles. The largest absolute Gasteiger partial charge is 0.487 e. The summed E-state index contributed by atoms with van der Waals surface area (Å²) in [5.74, 6) is 1.27. The molecular formula is C27H27ClFN3O4S. The first-order chi connectivity index (χ1) is 17.7. The Morgan fingerprint density at radius 1 is 1.14 bits per heavy atom. The van der Waals surface area contributed by atoms with Gasteiger partial charge in [-0.1, -0.05) is 29.8 Å². The number of benzene rings is 2. The number of unbranched alkanes of at least 4 members (excludes halogenated alkanes) is 1. The van der Waals surface area contributed by atoms with Crippen molar-refractivity contribution in [2.45, 2.75) is 38.2 Å². The highest BCUT2D eigenvalue weighted by atomic mass is 35.5. The summed E-state index contributed by atoms with van der Waals surface area (Å²) in [6, 6.07) is 12.1. The molecular weight excluding hydrogens is 517 g/mol. The molecule has 10 heteroatoms. The van der Waals surface area contributed by atoms with E-state index in [9.17, 15) is 12.8 Å². The summed E-state index contributed by atoms with van der Waals surface area (Å²) in [5, 5.41) is 0.312. The molecule has 0 saturated heterocycles. The number of ether oxygens (including phenoxy) is 1. The lowest BCUT2D eigenvalue weighted by molar-refractivity contribution is 0.301. The number of halogens is 2. The molecule has 37 heavy (non-hydrogen) atoms. The van der Waals surface area contributed by atoms with Crippen molar-refractivity contribution in [3.63, 3.8) is 0 Å². The molecule has 0 spiro atoms. The summed E-state index contributed by atoms with van der Waals surface area (Å²) in [5.41, 5.74) is 2.50. The minimum Gasteiger partial charge on any atom is -0.487 e. The summed E-state index contributed by atoms with van der Waals surface area (Å²) >= 11 is 6.03. The van der Waals surface area contributed by atoms with Gasteiger partial charge in [0.25, 0.3) is 0 Å². The lowest BCUT2D eigenvalue weighted by Crippen LogP contribution is -2.09. The van der Waals surface area contributed by atoms with E-state index in [-0.39, 0.29) is 12.4 Å². The summed E-state index contributed by atoms with van der Waals surface area (Å²) in [4.78, 5) is 8.52. The van der Waals surface area contributed by atoms with Gasteiger partial charge >= 0.3 is 0 Å². The third-order valence-electron chi connectivity index (χ3n) is 5.56. The van der Waals surface area contributed by atoms with E-state index >= 15 is 0 Å². The topological polar surface area (TPSA) is 87.2 Å². The predicted molar refractivity (Wildman–Crippen MR) is 141 cm³/mol. The fraction of sp³-hybridized carbons (Fsp3) is 0.259. The molecule has 0 aliphatic heterocycles. The van der Waals surface area contributed by atoms with Crippen molar-refractivity contribution < 1.29 is 22.0 Å². The molecule has 2 heterocycles. The van der Waals surface area contributed by atoms with E-state index in [1.807, 2.05) is 35.0 Å². The Kier molecular flexibility index (Phi) is 8.78. The van der Waals surface area contributed by atoms with Gasteiger partial charge in [0.2, 0.25) is 5.89 Å². The number of imidazole rings is 1. The van der Waals surface area contributed by atoms with E-state index in [1.54, 1.807) is 24.4 Å². The number of hydrogen-bond acceptors (Lipinski definition) is 6. The van der Waals surface area contributed by atoms with Crippen molar-refractivity contribution >= 4 is 33.6 Å². The van der Waals surface area contributed by atoms with Crippen molar-refractivity contribution in [2.24, 2.45) is 0 Å². The van der Waals surface area contributed by atoms with Crippen LogP contribution in [0.25, 0.3) is 12.2 Å². The third kappa shape index (κ3) is 8.30. The summed E-state index contributed by atoms with van der Waals surface area (Å²) in [6.45, 7) is 0.993. The van der Waals surface area contributed by atoms with E-state index < -0.39 is 15.7 Å². The van der Waals surface area contributed by atoms with Crippen molar-refractivity contribution in [1.29, 1.82) is 0 Å². The first kappa shape index (κ1) is 26.6. The first-order valence-electron chi connectivity index (χ1n) is 11.7. The van der Waals surface area contributed by atoms with Crippen LogP contribution in [0.5, 0.6) is 5.75 Å². The van der Waals surface area contributed by atoms with Crippen molar-refractivity contribution in [3.8, 4) is 5.75 Å². The molecule has 0 bridgehead atoms. The molecule has 4 aromatic rings. The molecule has 0 N–H and O–H groups in total. The monoisotopic (exact) mass is 543 g/mol. The van der Waals surface area contributed by atoms with Crippen LogP contribution in [0.4, 0.5) is 4.39 Å². The maximum atomic E-state index is 13.2. The van der Waals surface area contributed by atoms with E-state index in [0.29, 0.717) is 28.0 Å². The lowest BCUT2D eigenvalue weighted by atomic mass is 10.1. The van der Waals surface area contributed by atoms with Gasteiger partial charge in [0.05, 0.1) is 5.02 Å². The molecule has 0 amide bonds. The van der Waals surface area contributed by atoms with Gasteiger partial charge in [0.1, 0.15) is 41.7 Å². The molecule has 2 aromatic carbocycles. The van der Waals surface area contributed by atoms with Gasteiger partial charge in [-0.25, -0.2) is 22.8 Å². The number of aryl methyl sites for hydroxylation is 2. The molecule has 0 aliphatic rings. The van der Waals surface area contributed by atoms with E-state index in [4.69, 9.17) is 20.8 Å². The van der Waals surface area contributed by atoms with Crippen LogP contribution in [-0.2, 0) is 35.2 Å². The molecule has 0 fully saturated rings. The fourth-order valence-corrected chi connectivity index (χ4v) is 4.64. The van der Waals surface area contributed by atoms with Crippen LogP contribution in [0.15, 0.2) is 65.5 Å². The van der Waals surface area contributed by atoms with E-state index in [2.05, 4.69) is 9.97 Å². The number of sulfone groups is 1. The Morgan fingerprint density at radius 3 is 2.70 bits per heavy atom. The second-order valence-corrected chi connectivity index (χ2v) is 11.2. The molecule has 194 valence electrons. The minimum atomic E-state index is -3.11. The summed E-state index contributed by atoms with van der Waals surface area (Å²) in [7, 11) is -3.11. The Balaban J connectivity index is 1.20. The number of hydrogen-bond donors (Lipinski definition) is 0. The second kappa shape index (κ2) is 12.2. The zero-order chi connectivity index (χ0) is 26.3. The molecule has 0 unspecified atom stereocenters. The number of nitrogens with zero attached hydrogens (tertiary/aromatic N) is 3. The highest BCUT2D eigenvalue weighted by molar-refractivity contribution is 7.89. The Morgan fingerprint density at radius 2 is 1.95 bits per heavy atom. The molecule has 0 saturated carbocycles. The molecule has 0 radical (unpaired) electrons. The average molecular weight is 544 g/mol. The maximum absolute atomic E-state index is 13.2. The van der Waals surface area contributed by atoms with Crippen molar-refractivity contribution in [1.82, 2.24) is 14.5 Å². The van der Waals surface area contributed by atoms with Gasteiger partial charge in [-0.3, -0.25) is 0 Å². The Bertz CT molecular complexity index is 1460. The van der Waals surface area contributed by atoms with Crippen LogP contribution in [0.1, 0.15) is 41.4 Å². The number of rotatable bonds is 12. The number of oxazole rings is 1. The van der Waals surface area contributed by atoms with Crippen LogP contribution in [0.3, 0.4) is 0 Å². The lowest BCUT2D eigenvalue weighted by Gasteiger charge is -2.08. The van der Waals surface area contributed by atoms with Crippen molar-refractivity contribution in [3.05, 3.63) is 100 Å². The fourth-order valence-electron chi connectivity index (χ4n) is 3.70. The quantitative estimate of drug-likeness (QED) is 0.204. The standard InChI is InChI=1S/C27H27ClFN3O4S/c1-37(33,34)19-26-30-13-15-32(26)14-3-2-4-20-5-10-24(11-6-20)35-17-23-18-36-27(31-23)12-8-21-7-9-22(29)16-25(21)28/h5-13,15-16,18H,2-4,14,17,19H2,1H3/b12-8+. The highest BCUT2D eigenvalue weighted by Crippen LogP contribution is 2.20. The molecule has 0 atom stereocenters. The third-order valence-corrected chi connectivity index (χ3v) is 6.66. The van der Waals surface area contributed by atoms with Gasteiger partial charge in [0, 0.05) is 31.3 Å². The average Bonchev–Trinajstić information content (AvgIpc) is 3.49. The van der Waals surface area contributed by atoms with Crippen LogP contribution in [-0.4, -0.2) is 29.2 Å². The van der Waals surface area contributed by atoms with Gasteiger partial charge in [0.15, 0.2) is 9.84 Å². The SMILES string of the molecule is CS(=O)(=O)Cc1nccn1CCCCc1ccc(OCc2coc(/C=C/c3ccc(F)cc3Cl)n2)cc1. The summed E-state index contributed by atoms with van der Waals surface area (Å²) in [6.07, 6.45) is 12.4. The van der Waals surface area contributed by atoms with E-state index in [1.165, 1.54) is 30.2 Å². The molecule has 0 aliphatic carbocycles. The van der Waals surface area contributed by atoms with Crippen LogP contribution in [0, 0.1) is 5.82 Å². The number of aromatic nitrogens is 3. The molecule has 7 nitrogen and oxygen atoms in total. The minimum absolute atomic E-state index is 0.0430. The summed E-state index contributed by atoms with van der Waals surface area (Å²) < 4.78 is 49.4. The molecule has 4 rings (SSSR count). The first-order valence-corrected chi connectivity index (χ1v) is 14.2.